The first-order valence-corrected chi connectivity index (χ1v) is 4.55. The number of hydrogen-bond acceptors (Lipinski definition) is 2. The van der Waals surface area contributed by atoms with Gasteiger partial charge in [-0.3, -0.25) is 4.79 Å². The van der Waals surface area contributed by atoms with Crippen molar-refractivity contribution in [3.05, 3.63) is 35.4 Å². The van der Waals surface area contributed by atoms with Crippen LogP contribution in [-0.4, -0.2) is 16.2 Å². The van der Waals surface area contributed by atoms with E-state index < -0.39 is 5.97 Å². The molecule has 76 valence electrons. The zero-order chi connectivity index (χ0) is 10.6. The van der Waals surface area contributed by atoms with Crippen molar-refractivity contribution in [2.75, 3.05) is 0 Å². The first kappa shape index (κ1) is 10.7. The van der Waals surface area contributed by atoms with E-state index in [1.165, 1.54) is 0 Å². The largest absolute Gasteiger partial charge is 0.481 e. The number of carboxylic acid groups (broad SMARTS) is 1. The lowest BCUT2D eigenvalue weighted by atomic mass is 9.97. The second-order valence-electron chi connectivity index (χ2n) is 3.40. The number of hydrogen-bond donors (Lipinski definition) is 2. The molecule has 1 aromatic rings. The number of aliphatic hydroxyl groups excluding tert-OH is 1. The molecule has 2 N–H and O–H groups in total. The first-order chi connectivity index (χ1) is 6.63. The van der Waals surface area contributed by atoms with Gasteiger partial charge >= 0.3 is 5.97 Å². The Kier molecular flexibility index (Phi) is 3.65. The molecule has 0 aliphatic carbocycles. The van der Waals surface area contributed by atoms with E-state index in [1.54, 1.807) is 0 Å². The second kappa shape index (κ2) is 4.77. The third-order valence-corrected chi connectivity index (χ3v) is 2.21. The molecule has 0 heterocycles. The van der Waals surface area contributed by atoms with Crippen molar-refractivity contribution < 1.29 is 15.0 Å². The average molecular weight is 194 g/mol. The van der Waals surface area contributed by atoms with Crippen LogP contribution in [0.25, 0.3) is 0 Å². The molecule has 0 aromatic heterocycles. The smallest absolute Gasteiger partial charge is 0.303 e. The summed E-state index contributed by atoms with van der Waals surface area (Å²) in [4.78, 5) is 10.5. The maximum absolute atomic E-state index is 10.5. The van der Waals surface area contributed by atoms with Gasteiger partial charge in [-0.25, -0.2) is 0 Å². The molecule has 1 aromatic carbocycles. The van der Waals surface area contributed by atoms with Crippen LogP contribution in [0.3, 0.4) is 0 Å². The van der Waals surface area contributed by atoms with E-state index in [-0.39, 0.29) is 18.9 Å². The van der Waals surface area contributed by atoms with Gasteiger partial charge < -0.3 is 10.2 Å². The lowest BCUT2D eigenvalue weighted by molar-refractivity contribution is -0.137. The predicted octanol–water partition coefficient (Wildman–Crippen LogP) is 1.76. The summed E-state index contributed by atoms with van der Waals surface area (Å²) in [5, 5.41) is 17.4. The Labute approximate surface area is 83.0 Å². The Morgan fingerprint density at radius 3 is 2.36 bits per heavy atom. The maximum Gasteiger partial charge on any atom is 0.303 e. The fourth-order valence-electron chi connectivity index (χ4n) is 1.33. The average Bonchev–Trinajstić information content (AvgIpc) is 2.17. The molecule has 0 saturated heterocycles. The summed E-state index contributed by atoms with van der Waals surface area (Å²) in [5.74, 6) is -0.774. The van der Waals surface area contributed by atoms with Gasteiger partial charge in [-0.05, 0) is 17.0 Å². The molecule has 0 bridgehead atoms. The van der Waals surface area contributed by atoms with Crippen molar-refractivity contribution in [3.8, 4) is 0 Å². The summed E-state index contributed by atoms with van der Waals surface area (Å²) >= 11 is 0. The zero-order valence-electron chi connectivity index (χ0n) is 8.10. The van der Waals surface area contributed by atoms with Crippen LogP contribution in [-0.2, 0) is 11.4 Å². The fraction of sp³-hybridized carbons (Fsp3) is 0.364. The fourth-order valence-corrected chi connectivity index (χ4v) is 1.33. The summed E-state index contributed by atoms with van der Waals surface area (Å²) in [6, 6.07) is 7.35. The van der Waals surface area contributed by atoms with Crippen LogP contribution in [0.2, 0.25) is 0 Å². The minimum atomic E-state index is -0.788. The monoisotopic (exact) mass is 194 g/mol. The Morgan fingerprint density at radius 2 is 1.93 bits per heavy atom. The molecule has 3 nitrogen and oxygen atoms in total. The molecule has 0 radical (unpaired) electrons. The molecular weight excluding hydrogens is 180 g/mol. The molecular formula is C11H14O3. The van der Waals surface area contributed by atoms with Crippen molar-refractivity contribution in [1.29, 1.82) is 0 Å². The van der Waals surface area contributed by atoms with Gasteiger partial charge in [0.1, 0.15) is 0 Å². The van der Waals surface area contributed by atoms with Crippen molar-refractivity contribution in [2.45, 2.75) is 25.9 Å². The number of carbonyl (C=O) groups is 1. The normalized spacial score (nSPS) is 12.4. The van der Waals surface area contributed by atoms with E-state index in [2.05, 4.69) is 0 Å². The molecule has 0 spiro atoms. The van der Waals surface area contributed by atoms with Gasteiger partial charge in [0.05, 0.1) is 13.0 Å². The second-order valence-corrected chi connectivity index (χ2v) is 3.40. The van der Waals surface area contributed by atoms with Crippen LogP contribution in [0.15, 0.2) is 24.3 Å². The van der Waals surface area contributed by atoms with Crippen LogP contribution >= 0.6 is 0 Å². The van der Waals surface area contributed by atoms with E-state index in [4.69, 9.17) is 10.2 Å². The first-order valence-electron chi connectivity index (χ1n) is 4.55. The minimum Gasteiger partial charge on any atom is -0.481 e. The highest BCUT2D eigenvalue weighted by Crippen LogP contribution is 2.19. The molecule has 0 unspecified atom stereocenters. The highest BCUT2D eigenvalue weighted by molar-refractivity contribution is 5.67. The molecule has 1 rings (SSSR count). The van der Waals surface area contributed by atoms with Crippen LogP contribution in [0.1, 0.15) is 30.4 Å². The molecule has 0 saturated carbocycles. The highest BCUT2D eigenvalue weighted by Gasteiger charge is 2.09. The van der Waals surface area contributed by atoms with Crippen LogP contribution < -0.4 is 0 Å². The summed E-state index contributed by atoms with van der Waals surface area (Å²) in [6.45, 7) is 1.90. The lowest BCUT2D eigenvalue weighted by Gasteiger charge is -2.09. The Hall–Kier alpha value is -1.35. The van der Waals surface area contributed by atoms with E-state index in [9.17, 15) is 4.79 Å². The van der Waals surface area contributed by atoms with Gasteiger partial charge in [0, 0.05) is 0 Å². The number of carboxylic acids is 1. The Balaban J connectivity index is 2.71. The summed E-state index contributed by atoms with van der Waals surface area (Å²) < 4.78 is 0. The van der Waals surface area contributed by atoms with Crippen molar-refractivity contribution in [3.63, 3.8) is 0 Å². The molecule has 3 heteroatoms. The highest BCUT2D eigenvalue weighted by atomic mass is 16.4. The van der Waals surface area contributed by atoms with Crippen molar-refractivity contribution >= 4 is 5.97 Å². The van der Waals surface area contributed by atoms with Gasteiger partial charge in [-0.2, -0.15) is 0 Å². The van der Waals surface area contributed by atoms with Gasteiger partial charge in [0.2, 0.25) is 0 Å². The van der Waals surface area contributed by atoms with E-state index >= 15 is 0 Å². The quantitative estimate of drug-likeness (QED) is 0.767. The Morgan fingerprint density at radius 1 is 1.36 bits per heavy atom. The van der Waals surface area contributed by atoms with Crippen LogP contribution in [0.4, 0.5) is 0 Å². The molecule has 1 atom stereocenters. The lowest BCUT2D eigenvalue weighted by Crippen LogP contribution is -2.02. The number of aliphatic carboxylic acids is 1. The van der Waals surface area contributed by atoms with E-state index in [0.717, 1.165) is 11.1 Å². The minimum absolute atomic E-state index is 0.0141. The van der Waals surface area contributed by atoms with Crippen molar-refractivity contribution in [2.24, 2.45) is 0 Å². The van der Waals surface area contributed by atoms with E-state index in [0.29, 0.717) is 0 Å². The maximum atomic E-state index is 10.5. The third kappa shape index (κ3) is 2.85. The molecule has 14 heavy (non-hydrogen) atoms. The van der Waals surface area contributed by atoms with Crippen molar-refractivity contribution in [1.82, 2.24) is 0 Å². The van der Waals surface area contributed by atoms with Crippen LogP contribution in [0.5, 0.6) is 0 Å². The van der Waals surface area contributed by atoms with Gasteiger partial charge in [-0.1, -0.05) is 31.2 Å². The van der Waals surface area contributed by atoms with Crippen LogP contribution in [0, 0.1) is 0 Å². The number of benzene rings is 1. The molecule has 0 aliphatic rings. The SMILES string of the molecule is C[C@@H](CC(=O)O)c1ccc(CO)cc1. The van der Waals surface area contributed by atoms with Gasteiger partial charge in [-0.15, -0.1) is 0 Å². The Bertz CT molecular complexity index is 303. The molecule has 0 aliphatic heterocycles. The van der Waals surface area contributed by atoms with Gasteiger partial charge in [0.25, 0.3) is 0 Å². The molecule has 0 amide bonds. The zero-order valence-corrected chi connectivity index (χ0v) is 8.10. The summed E-state index contributed by atoms with van der Waals surface area (Å²) in [7, 11) is 0. The van der Waals surface area contributed by atoms with Gasteiger partial charge in [0.15, 0.2) is 0 Å². The number of rotatable bonds is 4. The topological polar surface area (TPSA) is 57.5 Å². The summed E-state index contributed by atoms with van der Waals surface area (Å²) in [6.07, 6.45) is 0.137. The third-order valence-electron chi connectivity index (χ3n) is 2.21. The van der Waals surface area contributed by atoms with E-state index in [1.807, 2.05) is 31.2 Å². The predicted molar refractivity (Wildman–Crippen MR) is 53.0 cm³/mol. The molecule has 0 fully saturated rings. The standard InChI is InChI=1S/C11H14O3/c1-8(6-11(13)14)10-4-2-9(7-12)3-5-10/h2-5,8,12H,6-7H2,1H3,(H,13,14)/t8-/m0/s1. The number of aliphatic hydroxyl groups is 1. The summed E-state index contributed by atoms with van der Waals surface area (Å²) in [5.41, 5.74) is 1.83.